The van der Waals surface area contributed by atoms with Crippen LogP contribution >= 0.6 is 0 Å². The molecule has 0 atom stereocenters. The van der Waals surface area contributed by atoms with Gasteiger partial charge in [0.25, 0.3) is 0 Å². The van der Waals surface area contributed by atoms with E-state index in [1.807, 2.05) is 25.1 Å². The standard InChI is InChI=1S/C26H20F2N4O2/c1-4-34-26(33)18-12-17(16-7-9-29-14(2)11-16)13-22-24(18)31-15(3)32(22)21-8-10-30-25-20(28)6-5-19(27)23(21)25/h5-13H,4H2,1-3H3. The summed E-state index contributed by atoms with van der Waals surface area (Å²) in [5.41, 5.74) is 3.96. The molecule has 0 aliphatic heterocycles. The predicted molar refractivity (Wildman–Crippen MR) is 125 cm³/mol. The number of aryl methyl sites for hydroxylation is 2. The van der Waals surface area contributed by atoms with Crippen LogP contribution in [0.3, 0.4) is 0 Å². The molecular weight excluding hydrogens is 438 g/mol. The van der Waals surface area contributed by atoms with Crippen LogP contribution in [-0.2, 0) is 4.74 Å². The van der Waals surface area contributed by atoms with Crippen molar-refractivity contribution < 1.29 is 18.3 Å². The van der Waals surface area contributed by atoms with Crippen LogP contribution in [0, 0.1) is 25.5 Å². The molecule has 0 spiro atoms. The second-order valence-corrected chi connectivity index (χ2v) is 7.88. The Morgan fingerprint density at radius 1 is 0.941 bits per heavy atom. The van der Waals surface area contributed by atoms with E-state index in [0.717, 1.165) is 29.0 Å². The van der Waals surface area contributed by atoms with Crippen LogP contribution < -0.4 is 0 Å². The van der Waals surface area contributed by atoms with E-state index in [1.165, 1.54) is 6.20 Å². The highest BCUT2D eigenvalue weighted by Gasteiger charge is 2.22. The molecule has 5 rings (SSSR count). The molecule has 0 aliphatic carbocycles. The van der Waals surface area contributed by atoms with Crippen LogP contribution in [0.2, 0.25) is 0 Å². The van der Waals surface area contributed by atoms with E-state index in [0.29, 0.717) is 22.5 Å². The van der Waals surface area contributed by atoms with Gasteiger partial charge in [-0.3, -0.25) is 14.5 Å². The molecule has 3 heterocycles. The van der Waals surface area contributed by atoms with E-state index in [-0.39, 0.29) is 23.1 Å². The monoisotopic (exact) mass is 458 g/mol. The second kappa shape index (κ2) is 8.30. The van der Waals surface area contributed by atoms with Gasteiger partial charge in [0.2, 0.25) is 0 Å². The summed E-state index contributed by atoms with van der Waals surface area (Å²) in [4.78, 5) is 25.8. The zero-order valence-corrected chi connectivity index (χ0v) is 18.8. The van der Waals surface area contributed by atoms with Crippen LogP contribution in [0.1, 0.15) is 28.8 Å². The van der Waals surface area contributed by atoms with E-state index >= 15 is 0 Å². The molecule has 0 bridgehead atoms. The number of pyridine rings is 2. The average molecular weight is 458 g/mol. The molecule has 0 aliphatic rings. The van der Waals surface area contributed by atoms with Crippen LogP contribution in [-0.4, -0.2) is 32.1 Å². The van der Waals surface area contributed by atoms with Gasteiger partial charge in [-0.15, -0.1) is 0 Å². The van der Waals surface area contributed by atoms with Gasteiger partial charge in [-0.05, 0) is 74.4 Å². The summed E-state index contributed by atoms with van der Waals surface area (Å²) in [6.07, 6.45) is 3.11. The number of hydrogen-bond acceptors (Lipinski definition) is 5. The average Bonchev–Trinajstić information content (AvgIpc) is 3.16. The van der Waals surface area contributed by atoms with Gasteiger partial charge in [-0.1, -0.05) is 0 Å². The Kier molecular flexibility index (Phi) is 5.28. The van der Waals surface area contributed by atoms with Gasteiger partial charge in [0, 0.05) is 18.1 Å². The number of benzene rings is 2. The maximum absolute atomic E-state index is 14.9. The molecule has 8 heteroatoms. The zero-order chi connectivity index (χ0) is 24.0. The lowest BCUT2D eigenvalue weighted by Gasteiger charge is -2.13. The molecule has 0 fully saturated rings. The second-order valence-electron chi connectivity index (χ2n) is 7.88. The molecular formula is C26H20F2N4O2. The maximum atomic E-state index is 14.9. The number of aromatic nitrogens is 4. The van der Waals surface area contributed by atoms with E-state index in [1.54, 1.807) is 36.7 Å². The lowest BCUT2D eigenvalue weighted by molar-refractivity contribution is 0.0528. The number of esters is 1. The molecule has 34 heavy (non-hydrogen) atoms. The first-order valence-electron chi connectivity index (χ1n) is 10.8. The molecule has 0 radical (unpaired) electrons. The predicted octanol–water partition coefficient (Wildman–Crippen LogP) is 5.71. The molecule has 0 saturated heterocycles. The van der Waals surface area contributed by atoms with Crippen molar-refractivity contribution in [3.8, 4) is 16.8 Å². The third-order valence-corrected chi connectivity index (χ3v) is 5.66. The Balaban J connectivity index is 1.88. The Bertz CT molecular complexity index is 1590. The zero-order valence-electron chi connectivity index (χ0n) is 18.8. The number of halogens is 2. The summed E-state index contributed by atoms with van der Waals surface area (Å²) in [7, 11) is 0. The minimum absolute atomic E-state index is 0.0349. The van der Waals surface area contributed by atoms with Gasteiger partial charge < -0.3 is 4.74 Å². The fraction of sp³-hybridized carbons (Fsp3) is 0.154. The fourth-order valence-corrected chi connectivity index (χ4v) is 4.22. The number of hydrogen-bond donors (Lipinski definition) is 0. The van der Waals surface area contributed by atoms with Crippen molar-refractivity contribution in [2.75, 3.05) is 6.61 Å². The highest BCUT2D eigenvalue weighted by molar-refractivity contribution is 6.05. The molecule has 2 aromatic carbocycles. The normalized spacial score (nSPS) is 11.3. The van der Waals surface area contributed by atoms with Crippen molar-refractivity contribution in [3.05, 3.63) is 83.6 Å². The Labute approximate surface area is 193 Å². The summed E-state index contributed by atoms with van der Waals surface area (Å²) in [6, 6.07) is 11.1. The largest absolute Gasteiger partial charge is 0.462 e. The van der Waals surface area contributed by atoms with Gasteiger partial charge >= 0.3 is 5.97 Å². The van der Waals surface area contributed by atoms with Crippen molar-refractivity contribution >= 4 is 27.9 Å². The van der Waals surface area contributed by atoms with E-state index in [9.17, 15) is 13.6 Å². The summed E-state index contributed by atoms with van der Waals surface area (Å²) < 4.78 is 36.4. The van der Waals surface area contributed by atoms with Crippen LogP contribution in [0.15, 0.2) is 54.9 Å². The van der Waals surface area contributed by atoms with Crippen molar-refractivity contribution in [2.45, 2.75) is 20.8 Å². The molecule has 0 unspecified atom stereocenters. The number of rotatable bonds is 4. The van der Waals surface area contributed by atoms with Crippen LogP contribution in [0.5, 0.6) is 0 Å². The summed E-state index contributed by atoms with van der Waals surface area (Å²) in [5, 5.41) is 0.0349. The van der Waals surface area contributed by atoms with Gasteiger partial charge in [-0.25, -0.2) is 18.6 Å². The first-order chi connectivity index (χ1) is 16.4. The van der Waals surface area contributed by atoms with Crippen LogP contribution in [0.4, 0.5) is 8.78 Å². The van der Waals surface area contributed by atoms with E-state index in [4.69, 9.17) is 4.74 Å². The van der Waals surface area contributed by atoms with Crippen molar-refractivity contribution in [1.29, 1.82) is 0 Å². The highest BCUT2D eigenvalue weighted by Crippen LogP contribution is 2.34. The quantitative estimate of drug-likeness (QED) is 0.323. The first-order valence-corrected chi connectivity index (χ1v) is 10.8. The summed E-state index contributed by atoms with van der Waals surface area (Å²) in [5.74, 6) is -1.24. The molecule has 0 N–H and O–H groups in total. The molecule has 170 valence electrons. The van der Waals surface area contributed by atoms with E-state index < -0.39 is 17.6 Å². The summed E-state index contributed by atoms with van der Waals surface area (Å²) >= 11 is 0. The minimum Gasteiger partial charge on any atom is -0.462 e. The number of ether oxygens (including phenoxy) is 1. The third kappa shape index (κ3) is 3.48. The van der Waals surface area contributed by atoms with Crippen molar-refractivity contribution in [1.82, 2.24) is 19.5 Å². The minimum atomic E-state index is -0.625. The SMILES string of the molecule is CCOC(=O)c1cc(-c2ccnc(C)c2)cc2c1nc(C)n2-c1ccnc2c(F)ccc(F)c12. The topological polar surface area (TPSA) is 69.9 Å². The lowest BCUT2D eigenvalue weighted by Crippen LogP contribution is -2.06. The van der Waals surface area contributed by atoms with Gasteiger partial charge in [0.05, 0.1) is 28.8 Å². The van der Waals surface area contributed by atoms with E-state index in [2.05, 4.69) is 15.0 Å². The highest BCUT2D eigenvalue weighted by atomic mass is 19.1. The van der Waals surface area contributed by atoms with Crippen molar-refractivity contribution in [2.24, 2.45) is 0 Å². The Hall–Kier alpha value is -4.20. The maximum Gasteiger partial charge on any atom is 0.340 e. The molecule has 6 nitrogen and oxygen atoms in total. The third-order valence-electron chi connectivity index (χ3n) is 5.66. The first kappa shape index (κ1) is 21.6. The van der Waals surface area contributed by atoms with Gasteiger partial charge in [-0.2, -0.15) is 0 Å². The van der Waals surface area contributed by atoms with Crippen LogP contribution in [0.25, 0.3) is 38.8 Å². The molecule has 3 aromatic heterocycles. The smallest absolute Gasteiger partial charge is 0.340 e. The molecule has 0 amide bonds. The fourth-order valence-electron chi connectivity index (χ4n) is 4.22. The number of imidazole rings is 1. The van der Waals surface area contributed by atoms with Gasteiger partial charge in [0.15, 0.2) is 0 Å². The number of nitrogens with zero attached hydrogens (tertiary/aromatic N) is 4. The number of carbonyl (C=O) groups excluding carboxylic acids is 1. The van der Waals surface area contributed by atoms with Crippen molar-refractivity contribution in [3.63, 3.8) is 0 Å². The lowest BCUT2D eigenvalue weighted by atomic mass is 10.0. The molecule has 5 aromatic rings. The number of carbonyl (C=O) groups is 1. The Morgan fingerprint density at radius 2 is 1.71 bits per heavy atom. The molecule has 0 saturated carbocycles. The Morgan fingerprint density at radius 3 is 2.47 bits per heavy atom. The summed E-state index contributed by atoms with van der Waals surface area (Å²) in [6.45, 7) is 5.56. The number of fused-ring (bicyclic) bond motifs is 2. The van der Waals surface area contributed by atoms with Gasteiger partial charge in [0.1, 0.15) is 28.5 Å².